The third-order valence-corrected chi connectivity index (χ3v) is 6.79. The number of hydrogen-bond donors (Lipinski definition) is 2. The van der Waals surface area contributed by atoms with Crippen molar-refractivity contribution in [3.63, 3.8) is 0 Å². The number of amides is 1. The summed E-state index contributed by atoms with van der Waals surface area (Å²) in [4.78, 5) is 28.9. The highest BCUT2D eigenvalue weighted by Gasteiger charge is 2.48. The van der Waals surface area contributed by atoms with Crippen LogP contribution in [0.3, 0.4) is 0 Å². The summed E-state index contributed by atoms with van der Waals surface area (Å²) in [6.45, 7) is 3.26. The number of para-hydroxylation sites is 1. The van der Waals surface area contributed by atoms with Gasteiger partial charge in [-0.2, -0.15) is 0 Å². The Morgan fingerprint density at radius 3 is 2.83 bits per heavy atom. The van der Waals surface area contributed by atoms with E-state index in [0.717, 1.165) is 48.2 Å². The van der Waals surface area contributed by atoms with E-state index in [9.17, 15) is 9.90 Å². The van der Waals surface area contributed by atoms with Crippen molar-refractivity contribution >= 4 is 22.6 Å². The summed E-state index contributed by atoms with van der Waals surface area (Å²) in [5.41, 5.74) is 1.75. The number of carbonyl (C=O) groups excluding carboxylic acids is 1. The van der Waals surface area contributed by atoms with Gasteiger partial charge >= 0.3 is 0 Å². The van der Waals surface area contributed by atoms with E-state index in [1.54, 1.807) is 12.5 Å². The number of nitrogens with zero attached hydrogens (tertiary/aromatic N) is 4. The van der Waals surface area contributed by atoms with Crippen molar-refractivity contribution in [2.75, 3.05) is 37.7 Å². The van der Waals surface area contributed by atoms with Crippen molar-refractivity contribution in [2.24, 2.45) is 11.3 Å². The molecular formula is C22H25N5O2. The number of aliphatic hydroxyl groups is 1. The van der Waals surface area contributed by atoms with Gasteiger partial charge in [-0.05, 0) is 30.4 Å². The van der Waals surface area contributed by atoms with Gasteiger partial charge in [0.15, 0.2) is 0 Å². The molecule has 4 heterocycles. The molecule has 2 fully saturated rings. The molecule has 7 nitrogen and oxygen atoms in total. The molecule has 1 amide bonds. The lowest BCUT2D eigenvalue weighted by Crippen LogP contribution is -2.47. The van der Waals surface area contributed by atoms with E-state index >= 15 is 0 Å². The summed E-state index contributed by atoms with van der Waals surface area (Å²) >= 11 is 0. The highest BCUT2D eigenvalue weighted by Crippen LogP contribution is 2.45. The van der Waals surface area contributed by atoms with E-state index < -0.39 is 0 Å². The van der Waals surface area contributed by atoms with Crippen molar-refractivity contribution in [3.05, 3.63) is 54.6 Å². The Bertz CT molecular complexity index is 1010. The molecular weight excluding hydrogens is 366 g/mol. The molecule has 1 unspecified atom stereocenters. The number of benzene rings is 1. The SMILES string of the molecule is O=C(c1c[nH]c2ccccc12)N1CCC2(CC1)CN(c1ccncn1)CC2CO. The fourth-order valence-corrected chi connectivity index (χ4v) is 5.07. The van der Waals surface area contributed by atoms with Gasteiger partial charge < -0.3 is 19.9 Å². The number of likely N-dealkylation sites (tertiary alicyclic amines) is 1. The molecule has 1 spiro atoms. The molecule has 0 bridgehead atoms. The summed E-state index contributed by atoms with van der Waals surface area (Å²) in [7, 11) is 0. The molecule has 150 valence electrons. The van der Waals surface area contributed by atoms with Crippen LogP contribution in [0.5, 0.6) is 0 Å². The molecule has 3 aromatic rings. The quantitative estimate of drug-likeness (QED) is 0.716. The Morgan fingerprint density at radius 2 is 2.07 bits per heavy atom. The smallest absolute Gasteiger partial charge is 0.256 e. The number of piperidine rings is 1. The van der Waals surface area contributed by atoms with Crippen LogP contribution >= 0.6 is 0 Å². The minimum Gasteiger partial charge on any atom is -0.396 e. The maximum Gasteiger partial charge on any atom is 0.256 e. The predicted octanol–water partition coefficient (Wildman–Crippen LogP) is 2.31. The van der Waals surface area contributed by atoms with Crippen LogP contribution in [0.25, 0.3) is 10.9 Å². The lowest BCUT2D eigenvalue weighted by atomic mass is 9.71. The van der Waals surface area contributed by atoms with Gasteiger partial charge in [-0.3, -0.25) is 4.79 Å². The molecule has 2 saturated heterocycles. The Morgan fingerprint density at radius 1 is 1.24 bits per heavy atom. The molecule has 0 radical (unpaired) electrons. The first kappa shape index (κ1) is 18.1. The highest BCUT2D eigenvalue weighted by molar-refractivity contribution is 6.06. The molecule has 2 aliphatic rings. The van der Waals surface area contributed by atoms with Crippen LogP contribution in [0.2, 0.25) is 0 Å². The molecule has 0 saturated carbocycles. The molecule has 5 rings (SSSR count). The highest BCUT2D eigenvalue weighted by atomic mass is 16.3. The zero-order valence-corrected chi connectivity index (χ0v) is 16.3. The van der Waals surface area contributed by atoms with Gasteiger partial charge in [0, 0.05) is 62.0 Å². The summed E-state index contributed by atoms with van der Waals surface area (Å²) in [6, 6.07) is 9.83. The minimum absolute atomic E-state index is 0.0245. The number of hydrogen-bond acceptors (Lipinski definition) is 5. The van der Waals surface area contributed by atoms with E-state index in [1.807, 2.05) is 41.4 Å². The topological polar surface area (TPSA) is 85.4 Å². The van der Waals surface area contributed by atoms with Crippen molar-refractivity contribution in [1.82, 2.24) is 19.9 Å². The second kappa shape index (κ2) is 7.15. The average Bonchev–Trinajstić information content (AvgIpc) is 3.36. The standard InChI is InChI=1S/C22H25N5O2/c28-13-16-12-27(20-5-8-23-15-25-20)14-22(16)6-9-26(10-7-22)21(29)18-11-24-19-4-2-1-3-17(18)19/h1-5,8,11,15-16,24,28H,6-7,9-10,12-14H2. The zero-order chi connectivity index (χ0) is 19.8. The number of fused-ring (bicyclic) bond motifs is 1. The zero-order valence-electron chi connectivity index (χ0n) is 16.3. The van der Waals surface area contributed by atoms with Crippen LogP contribution in [0, 0.1) is 11.3 Å². The summed E-state index contributed by atoms with van der Waals surface area (Å²) in [5.74, 6) is 1.19. The summed E-state index contributed by atoms with van der Waals surface area (Å²) < 4.78 is 0. The van der Waals surface area contributed by atoms with E-state index in [-0.39, 0.29) is 23.8 Å². The maximum absolute atomic E-state index is 13.1. The van der Waals surface area contributed by atoms with E-state index in [4.69, 9.17) is 0 Å². The summed E-state index contributed by atoms with van der Waals surface area (Å²) in [6.07, 6.45) is 6.93. The van der Waals surface area contributed by atoms with Gasteiger partial charge in [0.2, 0.25) is 0 Å². The first-order chi connectivity index (χ1) is 14.2. The Labute approximate surface area is 169 Å². The second-order valence-electron chi connectivity index (χ2n) is 8.23. The van der Waals surface area contributed by atoms with E-state index in [2.05, 4.69) is 19.9 Å². The van der Waals surface area contributed by atoms with Crippen LogP contribution in [0.1, 0.15) is 23.2 Å². The van der Waals surface area contributed by atoms with E-state index in [1.165, 1.54) is 0 Å². The maximum atomic E-state index is 13.1. The van der Waals surface area contributed by atoms with Gasteiger partial charge in [0.25, 0.3) is 5.91 Å². The number of nitrogens with one attached hydrogen (secondary N) is 1. The second-order valence-corrected chi connectivity index (χ2v) is 8.23. The van der Waals surface area contributed by atoms with Crippen molar-refractivity contribution < 1.29 is 9.90 Å². The fourth-order valence-electron chi connectivity index (χ4n) is 5.07. The van der Waals surface area contributed by atoms with Gasteiger partial charge in [0.1, 0.15) is 12.1 Å². The number of aromatic amines is 1. The molecule has 2 N–H and O–H groups in total. The molecule has 29 heavy (non-hydrogen) atoms. The number of anilines is 1. The molecule has 2 aliphatic heterocycles. The third kappa shape index (κ3) is 3.06. The van der Waals surface area contributed by atoms with Crippen LogP contribution in [-0.4, -0.2) is 63.7 Å². The molecule has 1 aromatic carbocycles. The first-order valence-electron chi connectivity index (χ1n) is 10.2. The van der Waals surface area contributed by atoms with Gasteiger partial charge in [0.05, 0.1) is 5.56 Å². The number of H-pyrrole nitrogens is 1. The Kier molecular flexibility index (Phi) is 4.47. The number of aromatic nitrogens is 3. The average molecular weight is 391 g/mol. The third-order valence-electron chi connectivity index (χ3n) is 6.79. The normalized spacial score (nSPS) is 21.2. The Hall–Kier alpha value is -2.93. The van der Waals surface area contributed by atoms with Crippen molar-refractivity contribution in [2.45, 2.75) is 12.8 Å². The minimum atomic E-state index is 0.0245. The number of aliphatic hydroxyl groups excluding tert-OH is 1. The van der Waals surface area contributed by atoms with Crippen molar-refractivity contribution in [3.8, 4) is 0 Å². The van der Waals surface area contributed by atoms with Crippen LogP contribution in [-0.2, 0) is 0 Å². The first-order valence-corrected chi connectivity index (χ1v) is 10.2. The van der Waals surface area contributed by atoms with Crippen LogP contribution in [0.15, 0.2) is 49.1 Å². The lowest BCUT2D eigenvalue weighted by Gasteiger charge is -2.42. The number of carbonyl (C=O) groups is 1. The summed E-state index contributed by atoms with van der Waals surface area (Å²) in [5, 5.41) is 11.0. The molecule has 1 atom stereocenters. The molecule has 0 aliphatic carbocycles. The van der Waals surface area contributed by atoms with Crippen LogP contribution in [0.4, 0.5) is 5.82 Å². The number of rotatable bonds is 3. The van der Waals surface area contributed by atoms with Crippen molar-refractivity contribution in [1.29, 1.82) is 0 Å². The van der Waals surface area contributed by atoms with Gasteiger partial charge in [-0.25, -0.2) is 9.97 Å². The molecule has 2 aromatic heterocycles. The monoisotopic (exact) mass is 391 g/mol. The fraction of sp³-hybridized carbons (Fsp3) is 0.409. The Balaban J connectivity index is 1.32. The van der Waals surface area contributed by atoms with Gasteiger partial charge in [-0.1, -0.05) is 18.2 Å². The van der Waals surface area contributed by atoms with Crippen LogP contribution < -0.4 is 4.90 Å². The van der Waals surface area contributed by atoms with E-state index in [0.29, 0.717) is 13.1 Å². The molecule has 7 heteroatoms. The lowest BCUT2D eigenvalue weighted by molar-refractivity contribution is 0.0417. The predicted molar refractivity (Wildman–Crippen MR) is 111 cm³/mol. The largest absolute Gasteiger partial charge is 0.396 e. The van der Waals surface area contributed by atoms with Gasteiger partial charge in [-0.15, -0.1) is 0 Å².